The van der Waals surface area contributed by atoms with E-state index >= 15 is 4.39 Å². The van der Waals surface area contributed by atoms with Gasteiger partial charge < -0.3 is 25.5 Å². The summed E-state index contributed by atoms with van der Waals surface area (Å²) in [6.07, 6.45) is -5.99. The van der Waals surface area contributed by atoms with Gasteiger partial charge in [-0.3, -0.25) is 9.78 Å². The van der Waals surface area contributed by atoms with Crippen molar-refractivity contribution in [3.63, 3.8) is 0 Å². The van der Waals surface area contributed by atoms with Crippen LogP contribution >= 0.6 is 38.8 Å². The van der Waals surface area contributed by atoms with Crippen molar-refractivity contribution < 1.29 is 41.7 Å². The van der Waals surface area contributed by atoms with E-state index in [-0.39, 0.29) is 36.0 Å². The zero-order chi connectivity index (χ0) is 31.0. The molecule has 236 valence electrons. The molecular formula is C20H25FN10O9P2S2+2. The Kier molecular flexibility index (Phi) is 7.71. The lowest BCUT2D eigenvalue weighted by molar-refractivity contribution is -0.0643. The van der Waals surface area contributed by atoms with Crippen LogP contribution in [0, 0.1) is 0 Å². The summed E-state index contributed by atoms with van der Waals surface area (Å²) >= 11 is 8.39. The van der Waals surface area contributed by atoms with Crippen molar-refractivity contribution in [2.45, 2.75) is 49.5 Å². The second-order valence-electron chi connectivity index (χ2n) is 10.1. The maximum atomic E-state index is 16.0. The highest BCUT2D eigenvalue weighted by Crippen LogP contribution is 2.67. The summed E-state index contributed by atoms with van der Waals surface area (Å²) < 4.78 is 53.4. The smallest absolute Gasteiger partial charge is 0.383 e. The fraction of sp³-hybridized carbons (Fsp3) is 0.500. The molecule has 3 saturated heterocycles. The summed E-state index contributed by atoms with van der Waals surface area (Å²) in [6.45, 7) is -0.783. The monoisotopic (exact) mass is 694 g/mol. The zero-order valence-corrected chi connectivity index (χ0v) is 25.7. The summed E-state index contributed by atoms with van der Waals surface area (Å²) in [6, 6.07) is 1.61. The van der Waals surface area contributed by atoms with Crippen molar-refractivity contribution in [2.24, 2.45) is 0 Å². The lowest BCUT2D eigenvalue weighted by atomic mass is 10.1. The van der Waals surface area contributed by atoms with E-state index < -0.39 is 69.5 Å². The van der Waals surface area contributed by atoms with Gasteiger partial charge in [0.25, 0.3) is 5.56 Å². The van der Waals surface area contributed by atoms with Gasteiger partial charge in [-0.2, -0.15) is 37.5 Å². The number of anilines is 2. The fourth-order valence-corrected chi connectivity index (χ4v) is 8.31. The number of thiol groups is 2. The first-order valence-electron chi connectivity index (χ1n) is 12.9. The molecule has 0 saturated carbocycles. The van der Waals surface area contributed by atoms with Gasteiger partial charge in [-0.25, -0.2) is 14.4 Å². The van der Waals surface area contributed by atoms with Gasteiger partial charge in [0.1, 0.15) is 37.1 Å². The Morgan fingerprint density at radius 3 is 2.64 bits per heavy atom. The fourth-order valence-electron chi connectivity index (χ4n) is 5.28. The second-order valence-corrected chi connectivity index (χ2v) is 16.0. The van der Waals surface area contributed by atoms with Gasteiger partial charge in [-0.15, -0.1) is 5.10 Å². The van der Waals surface area contributed by atoms with E-state index in [1.165, 1.54) is 17.1 Å². The van der Waals surface area contributed by atoms with Gasteiger partial charge in [0.05, 0.1) is 36.0 Å². The number of nitrogens with zero attached hydrogens (tertiary/aromatic N) is 7. The number of nitrogen functional groups attached to an aromatic ring is 2. The number of hydrogen-bond donors (Lipinski definition) is 7. The Morgan fingerprint density at radius 1 is 1.05 bits per heavy atom. The minimum absolute atomic E-state index is 0.0113. The first-order valence-corrected chi connectivity index (χ1v) is 18.3. The van der Waals surface area contributed by atoms with E-state index in [2.05, 4.69) is 54.7 Å². The van der Waals surface area contributed by atoms with Gasteiger partial charge in [0.15, 0.2) is 42.0 Å². The van der Waals surface area contributed by atoms with Crippen molar-refractivity contribution in [1.29, 1.82) is 0 Å². The van der Waals surface area contributed by atoms with Gasteiger partial charge in [-0.05, 0) is 6.07 Å². The van der Waals surface area contributed by atoms with Gasteiger partial charge in [-0.1, -0.05) is 5.21 Å². The molecule has 3 aliphatic rings. The number of nitrogens with two attached hydrogens (primary N) is 2. The maximum absolute atomic E-state index is 16.0. The number of alkyl halides is 1. The highest BCUT2D eigenvalue weighted by atomic mass is 32.7. The molecule has 4 aromatic heterocycles. The summed E-state index contributed by atoms with van der Waals surface area (Å²) in [5, 5.41) is 8.29. The third-order valence-corrected chi connectivity index (χ3v) is 10.5. The number of aromatic amines is 1. The SMILES string of the molecule is Nc1nc2c(nnn2[C@@H]2O[C@@H]3CO[P+](O)(S)O[C@H]4[C@H](F)[C@H](n5ccc6c(N)ncnc65)O[C@@H]4CO[P+](O)(S)O[C@@H]2C3)c(=O)[nH]1. The maximum Gasteiger partial charge on any atom is 0.476 e. The molecule has 3 fully saturated rings. The van der Waals surface area contributed by atoms with Crippen molar-refractivity contribution in [1.82, 2.24) is 39.5 Å². The Labute approximate surface area is 256 Å². The molecule has 24 heteroatoms. The van der Waals surface area contributed by atoms with E-state index in [4.69, 9.17) is 39.0 Å². The molecule has 7 rings (SSSR count). The third-order valence-electron chi connectivity index (χ3n) is 7.19. The molecule has 2 unspecified atom stereocenters. The predicted octanol–water partition coefficient (Wildman–Crippen LogP) is 0.663. The van der Waals surface area contributed by atoms with Crippen LogP contribution in [0.2, 0.25) is 0 Å². The Hall–Kier alpha value is -2.33. The zero-order valence-electron chi connectivity index (χ0n) is 22.1. The molecule has 0 radical (unpaired) electrons. The molecule has 19 nitrogen and oxygen atoms in total. The van der Waals surface area contributed by atoms with Crippen molar-refractivity contribution in [3.8, 4) is 0 Å². The average Bonchev–Trinajstić information content (AvgIpc) is 3.72. The molecule has 0 aromatic carbocycles. The molecule has 7 heterocycles. The largest absolute Gasteiger partial charge is 0.476 e. The van der Waals surface area contributed by atoms with E-state index in [0.29, 0.717) is 11.0 Å². The van der Waals surface area contributed by atoms with Gasteiger partial charge >= 0.3 is 14.3 Å². The van der Waals surface area contributed by atoms with Crippen molar-refractivity contribution in [3.05, 3.63) is 28.9 Å². The van der Waals surface area contributed by atoms with Gasteiger partial charge in [0, 0.05) is 12.6 Å². The molecule has 7 N–H and O–H groups in total. The van der Waals surface area contributed by atoms with Crippen molar-refractivity contribution in [2.75, 3.05) is 24.7 Å². The molecule has 3 aliphatic heterocycles. The standard InChI is InChI=1S/C20H24FN10O9P2S2/c21-11-13-10(38-19(11)30-2-1-8-14(22)24-6-25-15(8)30)5-36-41(33,43)39-9-3-7(4-35-42(34,44)40-13)37-18(9)31-16-12(28-29-31)17(32)27-20(23)26-16/h1-2,6-7,9-11,13,18-19,33-34,43-44H,3-5H2,(H4-,22,23,24,25,26,27,29,32)/q+1/p+1/t7-,9+,10+,11-,13+,18+,19+,41?,42?/m0/s1. The van der Waals surface area contributed by atoms with Crippen LogP contribution in [0.15, 0.2) is 23.4 Å². The number of nitrogens with one attached hydrogen (secondary N) is 1. The molecular weight excluding hydrogens is 669 g/mol. The Morgan fingerprint density at radius 2 is 1.82 bits per heavy atom. The molecule has 9 atom stereocenters. The number of ether oxygens (including phenoxy) is 2. The van der Waals surface area contributed by atoms with E-state index in [9.17, 15) is 14.6 Å². The molecule has 2 bridgehead atoms. The van der Waals surface area contributed by atoms with Crippen LogP contribution < -0.4 is 17.0 Å². The summed E-state index contributed by atoms with van der Waals surface area (Å²) in [7, 11) is -7.97. The Balaban J connectivity index is 1.18. The predicted molar refractivity (Wildman–Crippen MR) is 158 cm³/mol. The van der Waals surface area contributed by atoms with E-state index in [1.807, 2.05) is 0 Å². The normalized spacial score (nSPS) is 36.6. The van der Waals surface area contributed by atoms with Crippen LogP contribution in [0.1, 0.15) is 18.9 Å². The minimum Gasteiger partial charge on any atom is -0.383 e. The number of H-pyrrole nitrogens is 1. The molecule has 0 amide bonds. The average molecular weight is 695 g/mol. The highest BCUT2D eigenvalue weighted by Gasteiger charge is 2.58. The van der Waals surface area contributed by atoms with Crippen LogP contribution in [-0.4, -0.2) is 93.1 Å². The van der Waals surface area contributed by atoms with Crippen LogP contribution in [-0.2, 0) is 27.6 Å². The molecule has 0 spiro atoms. The molecule has 4 aromatic rings. The number of halogens is 1. The quantitative estimate of drug-likeness (QED) is 0.112. The highest BCUT2D eigenvalue weighted by molar-refractivity contribution is 8.47. The molecule has 0 aliphatic carbocycles. The number of rotatable bonds is 2. The van der Waals surface area contributed by atoms with Gasteiger partial charge in [0.2, 0.25) is 5.95 Å². The van der Waals surface area contributed by atoms with Crippen LogP contribution in [0.4, 0.5) is 16.2 Å². The minimum atomic E-state index is -4.00. The second kappa shape index (κ2) is 11.2. The third kappa shape index (κ3) is 5.52. The van der Waals surface area contributed by atoms with Crippen LogP contribution in [0.25, 0.3) is 22.2 Å². The van der Waals surface area contributed by atoms with E-state index in [0.717, 1.165) is 4.68 Å². The summed E-state index contributed by atoms with van der Waals surface area (Å²) in [5.41, 5.74) is 11.2. The van der Waals surface area contributed by atoms with E-state index in [1.54, 1.807) is 6.07 Å². The summed E-state index contributed by atoms with van der Waals surface area (Å²) in [4.78, 5) is 48.9. The number of aromatic nitrogens is 8. The first kappa shape index (κ1) is 30.3. The first-order chi connectivity index (χ1) is 20.9. The van der Waals surface area contributed by atoms with Crippen molar-refractivity contribution >= 4 is 72.8 Å². The number of hydrogen-bond acceptors (Lipinski definition) is 18. The Bertz CT molecular complexity index is 1780. The summed E-state index contributed by atoms with van der Waals surface area (Å²) in [5.74, 6) is 0.00195. The lowest BCUT2D eigenvalue weighted by Gasteiger charge is -2.23. The topological polar surface area (TPSA) is 255 Å². The lowest BCUT2D eigenvalue weighted by Crippen LogP contribution is -2.34. The number of fused-ring (bicyclic) bond motifs is 5. The van der Waals surface area contributed by atoms with Crippen LogP contribution in [0.3, 0.4) is 0 Å². The molecule has 44 heavy (non-hydrogen) atoms. The van der Waals surface area contributed by atoms with Crippen LogP contribution in [0.5, 0.6) is 0 Å².